The van der Waals surface area contributed by atoms with E-state index in [9.17, 15) is 19.2 Å². The minimum atomic E-state index is -1.18. The Morgan fingerprint density at radius 1 is 0.930 bits per heavy atom. The maximum atomic E-state index is 13.8. The maximum absolute atomic E-state index is 13.8. The highest BCUT2D eigenvalue weighted by molar-refractivity contribution is 7.14. The van der Waals surface area contributed by atoms with Crippen LogP contribution >= 0.6 is 11.3 Å². The lowest BCUT2D eigenvalue weighted by Gasteiger charge is -2.31. The van der Waals surface area contributed by atoms with Crippen LogP contribution in [0.25, 0.3) is 11.3 Å². The summed E-state index contributed by atoms with van der Waals surface area (Å²) < 4.78 is 11.0. The minimum absolute atomic E-state index is 0.0916. The van der Waals surface area contributed by atoms with Gasteiger partial charge in [-0.1, -0.05) is 42.5 Å². The number of carbonyl (C=O) groups excluding carboxylic acids is 4. The van der Waals surface area contributed by atoms with Crippen LogP contribution in [0.3, 0.4) is 0 Å². The second kappa shape index (κ2) is 12.9. The third-order valence-corrected chi connectivity index (χ3v) is 8.19. The van der Waals surface area contributed by atoms with Crippen molar-refractivity contribution in [3.8, 4) is 11.3 Å². The van der Waals surface area contributed by atoms with Gasteiger partial charge in [-0.15, -0.1) is 11.3 Å². The van der Waals surface area contributed by atoms with E-state index >= 15 is 0 Å². The Labute approximate surface area is 252 Å². The molecule has 0 bridgehead atoms. The molecule has 12 nitrogen and oxygen atoms in total. The maximum Gasteiger partial charge on any atom is 0.318 e. The number of urea groups is 1. The van der Waals surface area contributed by atoms with Crippen molar-refractivity contribution in [3.63, 3.8) is 0 Å². The fraction of sp³-hybridized carbons (Fsp3) is 0.367. The fourth-order valence-corrected chi connectivity index (χ4v) is 5.64. The molecule has 0 spiro atoms. The number of thiazole rings is 1. The summed E-state index contributed by atoms with van der Waals surface area (Å²) in [6.07, 6.45) is 0.859. The SMILES string of the molecule is O=C(NC1CC1)c1ccc(-c2csc(NC(=O)[C@@H]3OCCN3C(=O)[C@H](NC(=O)N3CCOCC3)c3ccccc3)n2)cc1. The third kappa shape index (κ3) is 6.85. The highest BCUT2D eigenvalue weighted by atomic mass is 32.1. The van der Waals surface area contributed by atoms with Crippen molar-refractivity contribution in [2.75, 3.05) is 44.8 Å². The van der Waals surface area contributed by atoms with Crippen molar-refractivity contribution in [1.82, 2.24) is 25.4 Å². The molecule has 224 valence electrons. The Balaban J connectivity index is 1.12. The summed E-state index contributed by atoms with van der Waals surface area (Å²) in [5.74, 6) is -1.08. The molecule has 1 aliphatic carbocycles. The van der Waals surface area contributed by atoms with Gasteiger partial charge in [-0.2, -0.15) is 0 Å². The van der Waals surface area contributed by atoms with Gasteiger partial charge in [-0.25, -0.2) is 9.78 Å². The second-order valence-electron chi connectivity index (χ2n) is 10.5. The van der Waals surface area contributed by atoms with Gasteiger partial charge in [0.25, 0.3) is 17.7 Å². The molecule has 2 aliphatic heterocycles. The Kier molecular flexibility index (Phi) is 8.63. The molecule has 3 aliphatic rings. The minimum Gasteiger partial charge on any atom is -0.378 e. The van der Waals surface area contributed by atoms with Crippen LogP contribution in [0.2, 0.25) is 0 Å². The number of aromatic nitrogens is 1. The van der Waals surface area contributed by atoms with Gasteiger partial charge in [0.15, 0.2) is 5.13 Å². The molecule has 3 N–H and O–H groups in total. The summed E-state index contributed by atoms with van der Waals surface area (Å²) in [7, 11) is 0. The highest BCUT2D eigenvalue weighted by Crippen LogP contribution is 2.27. The molecule has 6 rings (SSSR count). The summed E-state index contributed by atoms with van der Waals surface area (Å²) >= 11 is 1.24. The van der Waals surface area contributed by atoms with Crippen LogP contribution in [0.5, 0.6) is 0 Å². The first-order valence-electron chi connectivity index (χ1n) is 14.2. The molecule has 0 unspecified atom stereocenters. The number of amides is 5. The fourth-order valence-electron chi connectivity index (χ4n) is 4.91. The van der Waals surface area contributed by atoms with Crippen molar-refractivity contribution in [2.45, 2.75) is 31.2 Å². The van der Waals surface area contributed by atoms with Gasteiger partial charge < -0.3 is 29.9 Å². The highest BCUT2D eigenvalue weighted by Gasteiger charge is 2.40. The number of carbonyl (C=O) groups is 4. The molecule has 13 heteroatoms. The summed E-state index contributed by atoms with van der Waals surface area (Å²) in [6, 6.07) is 15.0. The average Bonchev–Trinajstić information content (AvgIpc) is 3.50. The zero-order valence-corrected chi connectivity index (χ0v) is 24.2. The first-order chi connectivity index (χ1) is 21.0. The average molecular weight is 605 g/mol. The van der Waals surface area contributed by atoms with Crippen LogP contribution in [-0.2, 0) is 19.1 Å². The van der Waals surface area contributed by atoms with Crippen molar-refractivity contribution in [1.29, 1.82) is 0 Å². The Morgan fingerprint density at radius 3 is 2.40 bits per heavy atom. The van der Waals surface area contributed by atoms with Crippen molar-refractivity contribution < 1.29 is 28.7 Å². The van der Waals surface area contributed by atoms with E-state index in [1.165, 1.54) is 16.2 Å². The number of ether oxygens (including phenoxy) is 2. The summed E-state index contributed by atoms with van der Waals surface area (Å²) in [5, 5.41) is 10.7. The molecular weight excluding hydrogens is 572 g/mol. The van der Waals surface area contributed by atoms with Crippen LogP contribution < -0.4 is 16.0 Å². The lowest BCUT2D eigenvalue weighted by molar-refractivity contribution is -0.146. The number of hydrogen-bond donors (Lipinski definition) is 3. The first kappa shape index (κ1) is 28.8. The van der Waals surface area contributed by atoms with E-state index in [0.29, 0.717) is 48.3 Å². The Hall–Kier alpha value is -4.33. The predicted molar refractivity (Wildman–Crippen MR) is 158 cm³/mol. The molecule has 43 heavy (non-hydrogen) atoms. The number of morpholine rings is 1. The normalized spacial score (nSPS) is 19.0. The molecule has 3 aromatic rings. The summed E-state index contributed by atoms with van der Waals surface area (Å²) in [4.78, 5) is 59.9. The number of nitrogens with one attached hydrogen (secondary N) is 3. The number of anilines is 1. The van der Waals surface area contributed by atoms with Gasteiger partial charge in [0, 0.05) is 42.2 Å². The van der Waals surface area contributed by atoms with Gasteiger partial charge in [-0.3, -0.25) is 19.7 Å². The summed E-state index contributed by atoms with van der Waals surface area (Å²) in [6.45, 7) is 2.08. The van der Waals surface area contributed by atoms with Crippen LogP contribution in [-0.4, -0.2) is 90.3 Å². The zero-order valence-electron chi connectivity index (χ0n) is 23.4. The topological polar surface area (TPSA) is 142 Å². The first-order valence-corrected chi connectivity index (χ1v) is 15.1. The molecule has 3 fully saturated rings. The van der Waals surface area contributed by atoms with Crippen molar-refractivity contribution in [2.24, 2.45) is 0 Å². The van der Waals surface area contributed by atoms with E-state index in [0.717, 1.165) is 18.4 Å². The molecule has 1 aromatic heterocycles. The monoisotopic (exact) mass is 604 g/mol. The summed E-state index contributed by atoms with van der Waals surface area (Å²) in [5.41, 5.74) is 2.62. The Bertz CT molecular complexity index is 1470. The second-order valence-corrected chi connectivity index (χ2v) is 11.4. The van der Waals surface area contributed by atoms with E-state index < -0.39 is 24.1 Å². The molecular formula is C30H32N6O6S. The van der Waals surface area contributed by atoms with Crippen LogP contribution in [0.15, 0.2) is 60.0 Å². The Morgan fingerprint density at radius 2 is 1.67 bits per heavy atom. The number of hydrogen-bond acceptors (Lipinski definition) is 8. The van der Waals surface area contributed by atoms with E-state index in [2.05, 4.69) is 20.9 Å². The molecule has 2 saturated heterocycles. The van der Waals surface area contributed by atoms with Gasteiger partial charge in [0.1, 0.15) is 6.04 Å². The molecule has 3 heterocycles. The number of benzene rings is 2. The molecule has 2 aromatic carbocycles. The lowest BCUT2D eigenvalue weighted by atomic mass is 10.1. The van der Waals surface area contributed by atoms with E-state index in [1.807, 2.05) is 18.2 Å². The quantitative estimate of drug-likeness (QED) is 0.359. The van der Waals surface area contributed by atoms with Gasteiger partial charge in [0.05, 0.1) is 25.5 Å². The molecule has 5 amide bonds. The largest absolute Gasteiger partial charge is 0.378 e. The molecule has 2 atom stereocenters. The van der Waals surface area contributed by atoms with Crippen LogP contribution in [0.4, 0.5) is 9.93 Å². The zero-order chi connectivity index (χ0) is 29.8. The predicted octanol–water partition coefficient (Wildman–Crippen LogP) is 2.61. The van der Waals surface area contributed by atoms with Crippen LogP contribution in [0.1, 0.15) is 34.8 Å². The van der Waals surface area contributed by atoms with E-state index in [1.54, 1.807) is 46.7 Å². The smallest absolute Gasteiger partial charge is 0.318 e. The number of rotatable bonds is 8. The molecule has 0 radical (unpaired) electrons. The van der Waals surface area contributed by atoms with Crippen molar-refractivity contribution >= 4 is 40.2 Å². The molecule has 1 saturated carbocycles. The van der Waals surface area contributed by atoms with E-state index in [4.69, 9.17) is 9.47 Å². The number of nitrogens with zero attached hydrogens (tertiary/aromatic N) is 3. The van der Waals surface area contributed by atoms with E-state index in [-0.39, 0.29) is 31.1 Å². The third-order valence-electron chi connectivity index (χ3n) is 7.43. The van der Waals surface area contributed by atoms with Crippen molar-refractivity contribution in [3.05, 3.63) is 71.1 Å². The van der Waals surface area contributed by atoms with Gasteiger partial charge in [0.2, 0.25) is 6.23 Å². The van der Waals surface area contributed by atoms with Gasteiger partial charge >= 0.3 is 6.03 Å². The standard InChI is InChI=1S/C30H32N6O6S/c37-25(31-22-10-11-22)21-8-6-19(7-9-21)23-18-43-29(32-23)34-26(38)28-36(14-17-42-28)27(39)24(20-4-2-1-3-5-20)33-30(40)35-12-15-41-16-13-35/h1-9,18,22,24,28H,10-17H2,(H,31,37)(H,33,40)(H,32,34,38)/t24-,28+/m1/s1. The lowest BCUT2D eigenvalue weighted by Crippen LogP contribution is -2.52. The van der Waals surface area contributed by atoms with Gasteiger partial charge in [-0.05, 0) is 30.5 Å². The van der Waals surface area contributed by atoms with Crippen LogP contribution in [0, 0.1) is 0 Å².